The molecular weight excluding hydrogens is 785 g/mol. The number of Topliss-reactive ketones (excluding diaryl/α,β-unsaturated/α-hetero) is 1. The summed E-state index contributed by atoms with van der Waals surface area (Å²) in [5.74, 6) is 0.631. The number of rotatable bonds is 9. The van der Waals surface area contributed by atoms with E-state index < -0.39 is 0 Å². The van der Waals surface area contributed by atoms with Gasteiger partial charge in [-0.25, -0.2) is 4.98 Å². The van der Waals surface area contributed by atoms with E-state index >= 15 is 0 Å². The molecule has 0 aliphatic rings. The van der Waals surface area contributed by atoms with Gasteiger partial charge in [0.25, 0.3) is 0 Å². The van der Waals surface area contributed by atoms with E-state index in [1.807, 2.05) is 39.8 Å². The number of furan rings is 1. The molecule has 0 aliphatic heterocycles. The predicted octanol–water partition coefficient (Wildman–Crippen LogP) is 12.0. The number of carbonyl (C=O) groups excluding carboxylic acids is 1. The van der Waals surface area contributed by atoms with E-state index in [0.717, 1.165) is 70.6 Å². The normalized spacial score (nSPS) is 12.4. The summed E-state index contributed by atoms with van der Waals surface area (Å²) in [4.78, 5) is 21.4. The number of ketones is 1. The van der Waals surface area contributed by atoms with E-state index in [2.05, 4.69) is 91.4 Å². The van der Waals surface area contributed by atoms with Gasteiger partial charge >= 0.3 is 0 Å². The van der Waals surface area contributed by atoms with Crippen LogP contribution >= 0.6 is 0 Å². The number of allylic oxidation sites excluding steroid dienone is 2. The van der Waals surface area contributed by atoms with Crippen LogP contribution in [-0.2, 0) is 31.3 Å². The maximum atomic E-state index is 12.1. The van der Waals surface area contributed by atoms with Gasteiger partial charge in [-0.1, -0.05) is 113 Å². The molecule has 1 radical (unpaired) electrons. The Morgan fingerprint density at radius 3 is 2.18 bits per heavy atom. The van der Waals surface area contributed by atoms with Crippen LogP contribution in [0.25, 0.3) is 54.9 Å². The van der Waals surface area contributed by atoms with Crippen LogP contribution < -0.4 is 0 Å². The number of hydrogen-bond acceptors (Lipinski definition) is 5. The third-order valence-electron chi connectivity index (χ3n) is 9.53. The molecule has 0 saturated carbocycles. The molecule has 0 atom stereocenters. The van der Waals surface area contributed by atoms with Crippen molar-refractivity contribution in [1.82, 2.24) is 9.97 Å². The van der Waals surface area contributed by atoms with Crippen molar-refractivity contribution in [2.24, 2.45) is 17.3 Å². The van der Waals surface area contributed by atoms with Gasteiger partial charge in [0.15, 0.2) is 5.78 Å². The third-order valence-corrected chi connectivity index (χ3v) is 9.53. The monoisotopic (exact) mass is 834 g/mol. The van der Waals surface area contributed by atoms with Gasteiger partial charge in [-0.05, 0) is 61.3 Å². The zero-order valence-corrected chi connectivity index (χ0v) is 32.5. The molecule has 1 N–H and O–H groups in total. The van der Waals surface area contributed by atoms with Gasteiger partial charge in [-0.3, -0.25) is 9.78 Å². The summed E-state index contributed by atoms with van der Waals surface area (Å²) >= 11 is 0. The number of aliphatic hydroxyl groups is 1. The fourth-order valence-electron chi connectivity index (χ4n) is 6.83. The summed E-state index contributed by atoms with van der Waals surface area (Å²) in [5, 5.41) is 15.8. The number of hydrogen-bond donors (Lipinski definition) is 1. The van der Waals surface area contributed by atoms with Crippen LogP contribution in [0, 0.1) is 23.3 Å². The van der Waals surface area contributed by atoms with Gasteiger partial charge in [-0.2, -0.15) is 0 Å². The summed E-state index contributed by atoms with van der Waals surface area (Å²) in [6, 6.07) is 26.6. The van der Waals surface area contributed by atoms with Crippen LogP contribution in [-0.4, -0.2) is 20.9 Å². The standard InChI is InChI=1S/C29H23N2O.C14H26O2.Ir/c1-29(2,3)16-19-9-6-12-22-20(19)11-7-13-23(22)26-28-27(31-17-30-26)25-21-10-5-4-8-18(21)14-15-24(25)32-28;1-6-11(7-2)13(15)10(5)14(16)12(8-3)9-4;/h4-12,14-15,17H,16H2,1-3H3;11-12,15H,6-9H2,1-5H3;/q-1;;/b;13-10-;. The Labute approximate surface area is 304 Å². The van der Waals surface area contributed by atoms with E-state index in [9.17, 15) is 9.90 Å². The van der Waals surface area contributed by atoms with Crippen LogP contribution in [0.2, 0.25) is 0 Å². The van der Waals surface area contributed by atoms with Crippen molar-refractivity contribution in [2.45, 2.75) is 87.5 Å². The number of carbonyl (C=O) groups is 1. The third kappa shape index (κ3) is 7.97. The average molecular weight is 834 g/mol. The predicted molar refractivity (Wildman–Crippen MR) is 200 cm³/mol. The van der Waals surface area contributed by atoms with Crippen LogP contribution in [0.4, 0.5) is 0 Å². The smallest absolute Gasteiger partial charge is 0.164 e. The van der Waals surface area contributed by atoms with Gasteiger partial charge in [-0.15, -0.1) is 23.8 Å². The number of benzene rings is 4. The number of aromatic nitrogens is 2. The molecule has 2 heterocycles. The molecule has 0 fully saturated rings. The van der Waals surface area contributed by atoms with Crippen molar-refractivity contribution in [1.29, 1.82) is 0 Å². The molecule has 49 heavy (non-hydrogen) atoms. The average Bonchev–Trinajstić information content (AvgIpc) is 3.48. The topological polar surface area (TPSA) is 76.2 Å². The Kier molecular flexibility index (Phi) is 12.6. The molecule has 0 aliphatic carbocycles. The molecule has 0 saturated heterocycles. The molecule has 6 heteroatoms. The van der Waals surface area contributed by atoms with E-state index in [1.54, 1.807) is 13.3 Å². The Morgan fingerprint density at radius 2 is 1.51 bits per heavy atom. The molecule has 2 aromatic heterocycles. The summed E-state index contributed by atoms with van der Waals surface area (Å²) in [7, 11) is 0. The molecule has 0 bridgehead atoms. The van der Waals surface area contributed by atoms with Gasteiger partial charge < -0.3 is 9.52 Å². The SMILES string of the molecule is CC(C)(C)Cc1cccc2c(-c3ncnc4c3oc3ccc5ccccc5c34)[c-]ccc12.CCC(CC)C(=O)/C(C)=C(\O)C(CC)CC.[Ir]. The van der Waals surface area contributed by atoms with Gasteiger partial charge in [0, 0.05) is 43.2 Å². The second-order valence-corrected chi connectivity index (χ2v) is 14.0. The molecule has 4 aromatic carbocycles. The van der Waals surface area contributed by atoms with Crippen molar-refractivity contribution in [2.75, 3.05) is 0 Å². The molecule has 5 nitrogen and oxygen atoms in total. The van der Waals surface area contributed by atoms with Gasteiger partial charge in [0.05, 0.1) is 5.39 Å². The maximum Gasteiger partial charge on any atom is 0.164 e. The second-order valence-electron chi connectivity index (χ2n) is 14.0. The fraction of sp³-hybridized carbons (Fsp3) is 0.372. The largest absolute Gasteiger partial charge is 0.512 e. The summed E-state index contributed by atoms with van der Waals surface area (Å²) in [5.41, 5.74) is 6.24. The van der Waals surface area contributed by atoms with Crippen molar-refractivity contribution >= 4 is 49.4 Å². The molecule has 259 valence electrons. The van der Waals surface area contributed by atoms with E-state index in [1.165, 1.54) is 16.3 Å². The molecule has 6 rings (SSSR count). The van der Waals surface area contributed by atoms with Crippen LogP contribution in [0.3, 0.4) is 0 Å². The fourth-order valence-corrected chi connectivity index (χ4v) is 6.83. The molecular formula is C43H49IrN2O3-. The number of fused-ring (bicyclic) bond motifs is 6. The quantitative estimate of drug-likeness (QED) is 0.0892. The minimum Gasteiger partial charge on any atom is -0.512 e. The van der Waals surface area contributed by atoms with Crippen LogP contribution in [0.1, 0.15) is 86.6 Å². The Morgan fingerprint density at radius 1 is 0.837 bits per heavy atom. The van der Waals surface area contributed by atoms with E-state index in [0.29, 0.717) is 16.9 Å². The van der Waals surface area contributed by atoms with E-state index in [4.69, 9.17) is 4.42 Å². The van der Waals surface area contributed by atoms with Gasteiger partial charge in [0.1, 0.15) is 28.8 Å². The number of aliphatic hydroxyl groups excluding tert-OH is 1. The first-order valence-electron chi connectivity index (χ1n) is 17.4. The zero-order valence-electron chi connectivity index (χ0n) is 30.1. The summed E-state index contributed by atoms with van der Waals surface area (Å²) in [6.45, 7) is 16.7. The van der Waals surface area contributed by atoms with Crippen LogP contribution in [0.15, 0.2) is 88.8 Å². The van der Waals surface area contributed by atoms with Crippen molar-refractivity contribution in [3.05, 3.63) is 96.0 Å². The van der Waals surface area contributed by atoms with Gasteiger partial charge in [0.2, 0.25) is 0 Å². The minimum atomic E-state index is 0. The summed E-state index contributed by atoms with van der Waals surface area (Å²) < 4.78 is 6.36. The Hall–Kier alpha value is -3.86. The zero-order chi connectivity index (χ0) is 34.6. The Balaban J connectivity index is 0.000000274. The van der Waals surface area contributed by atoms with Crippen LogP contribution in [0.5, 0.6) is 0 Å². The first-order chi connectivity index (χ1) is 23.0. The molecule has 0 spiro atoms. The molecule has 0 unspecified atom stereocenters. The number of nitrogens with zero attached hydrogens (tertiary/aromatic N) is 2. The molecule has 6 aromatic rings. The first kappa shape index (κ1) is 37.9. The van der Waals surface area contributed by atoms with E-state index in [-0.39, 0.29) is 43.1 Å². The Bertz CT molecular complexity index is 2100. The minimum absolute atomic E-state index is 0. The maximum absolute atomic E-state index is 12.1. The first-order valence-corrected chi connectivity index (χ1v) is 17.4. The van der Waals surface area contributed by atoms with Crippen molar-refractivity contribution < 1.29 is 34.4 Å². The van der Waals surface area contributed by atoms with Crippen molar-refractivity contribution in [3.8, 4) is 11.3 Å². The molecule has 0 amide bonds. The second kappa shape index (κ2) is 16.2. The van der Waals surface area contributed by atoms with Crippen molar-refractivity contribution in [3.63, 3.8) is 0 Å². The summed E-state index contributed by atoms with van der Waals surface area (Å²) in [6.07, 6.45) is 6.11.